The lowest BCUT2D eigenvalue weighted by Crippen LogP contribution is -2.53. The predicted octanol–water partition coefficient (Wildman–Crippen LogP) is -1.35. The van der Waals surface area contributed by atoms with Gasteiger partial charge in [0.1, 0.15) is 6.04 Å². The van der Waals surface area contributed by atoms with Crippen molar-refractivity contribution in [2.24, 2.45) is 0 Å². The maximum absolute atomic E-state index is 12.5. The molecule has 8 heteroatoms. The van der Waals surface area contributed by atoms with E-state index in [1.54, 1.807) is 6.33 Å². The van der Waals surface area contributed by atoms with Gasteiger partial charge in [-0.3, -0.25) is 9.69 Å². The lowest BCUT2D eigenvalue weighted by Gasteiger charge is -2.35. The first-order valence-electron chi connectivity index (χ1n) is 7.11. The molecule has 0 radical (unpaired) electrons. The second-order valence-corrected chi connectivity index (χ2v) is 5.43. The van der Waals surface area contributed by atoms with Crippen LogP contribution in [0.5, 0.6) is 0 Å². The molecule has 2 aliphatic rings. The molecule has 1 amide bonds. The molecule has 1 aromatic rings. The normalized spacial score (nSPS) is 22.9. The maximum atomic E-state index is 12.5. The third kappa shape index (κ3) is 2.91. The van der Waals surface area contributed by atoms with Crippen LogP contribution in [0.2, 0.25) is 0 Å². The summed E-state index contributed by atoms with van der Waals surface area (Å²) in [6.45, 7) is 3.91. The van der Waals surface area contributed by atoms with E-state index in [0.717, 1.165) is 37.6 Å². The molecule has 1 saturated heterocycles. The molecule has 1 unspecified atom stereocenters. The summed E-state index contributed by atoms with van der Waals surface area (Å²) in [6.07, 6.45) is 1.81. The Labute approximate surface area is 122 Å². The highest BCUT2D eigenvalue weighted by Crippen LogP contribution is 2.21. The van der Waals surface area contributed by atoms with Gasteiger partial charge in [-0.2, -0.15) is 0 Å². The van der Waals surface area contributed by atoms with Crippen molar-refractivity contribution >= 4 is 11.9 Å². The molecule has 0 saturated carbocycles. The zero-order chi connectivity index (χ0) is 14.8. The Morgan fingerprint density at radius 1 is 1.38 bits per heavy atom. The van der Waals surface area contributed by atoms with Crippen LogP contribution < -0.4 is 5.32 Å². The van der Waals surface area contributed by atoms with Crippen molar-refractivity contribution in [3.8, 4) is 0 Å². The van der Waals surface area contributed by atoms with Crippen molar-refractivity contribution in [1.82, 2.24) is 25.1 Å². The molecule has 3 rings (SSSR count). The van der Waals surface area contributed by atoms with Crippen LogP contribution >= 0.6 is 0 Å². The first-order chi connectivity index (χ1) is 10.1. The summed E-state index contributed by atoms with van der Waals surface area (Å²) in [7, 11) is 0. The number of imidazole rings is 1. The van der Waals surface area contributed by atoms with Crippen molar-refractivity contribution in [3.05, 3.63) is 17.7 Å². The van der Waals surface area contributed by atoms with Crippen molar-refractivity contribution in [2.45, 2.75) is 19.0 Å². The molecule has 114 valence electrons. The zero-order valence-corrected chi connectivity index (χ0v) is 11.7. The minimum Gasteiger partial charge on any atom is -0.480 e. The number of rotatable bonds is 3. The Morgan fingerprint density at radius 2 is 2.14 bits per heavy atom. The van der Waals surface area contributed by atoms with Crippen LogP contribution in [0.25, 0.3) is 0 Å². The number of carbonyl (C=O) groups excluding carboxylic acids is 1. The van der Waals surface area contributed by atoms with Crippen LogP contribution in [-0.2, 0) is 22.6 Å². The molecule has 1 aromatic heterocycles. The number of carbonyl (C=O) groups is 2. The molecule has 3 heterocycles. The van der Waals surface area contributed by atoms with E-state index in [1.165, 1.54) is 4.90 Å². The van der Waals surface area contributed by atoms with Gasteiger partial charge in [0.05, 0.1) is 30.8 Å². The summed E-state index contributed by atoms with van der Waals surface area (Å²) < 4.78 is 0. The van der Waals surface area contributed by atoms with Gasteiger partial charge in [-0.25, -0.2) is 9.78 Å². The minimum absolute atomic E-state index is 0.135. The summed E-state index contributed by atoms with van der Waals surface area (Å²) >= 11 is 0. The van der Waals surface area contributed by atoms with Crippen LogP contribution in [0, 0.1) is 0 Å². The highest BCUT2D eigenvalue weighted by Gasteiger charge is 2.36. The molecule has 8 nitrogen and oxygen atoms in total. The molecular weight excluding hydrogens is 274 g/mol. The second-order valence-electron chi connectivity index (χ2n) is 5.43. The second kappa shape index (κ2) is 5.82. The van der Waals surface area contributed by atoms with E-state index in [9.17, 15) is 14.7 Å². The molecule has 0 spiro atoms. The van der Waals surface area contributed by atoms with Crippen LogP contribution in [0.4, 0.5) is 0 Å². The van der Waals surface area contributed by atoms with Gasteiger partial charge in [-0.05, 0) is 0 Å². The zero-order valence-electron chi connectivity index (χ0n) is 11.7. The quantitative estimate of drug-likeness (QED) is 0.637. The fourth-order valence-corrected chi connectivity index (χ4v) is 2.87. The number of carboxylic acid groups (broad SMARTS) is 1. The molecule has 21 heavy (non-hydrogen) atoms. The summed E-state index contributed by atoms with van der Waals surface area (Å²) in [6, 6.07) is -0.823. The van der Waals surface area contributed by atoms with E-state index in [4.69, 9.17) is 0 Å². The summed E-state index contributed by atoms with van der Waals surface area (Å²) in [5.41, 5.74) is 1.58. The highest BCUT2D eigenvalue weighted by atomic mass is 16.4. The molecule has 0 bridgehead atoms. The average Bonchev–Trinajstić information content (AvgIpc) is 2.94. The molecule has 1 atom stereocenters. The van der Waals surface area contributed by atoms with Crippen molar-refractivity contribution < 1.29 is 14.7 Å². The molecule has 0 aromatic carbocycles. The van der Waals surface area contributed by atoms with E-state index in [2.05, 4.69) is 20.2 Å². The van der Waals surface area contributed by atoms with Crippen molar-refractivity contribution in [3.63, 3.8) is 0 Å². The molecule has 1 fully saturated rings. The van der Waals surface area contributed by atoms with E-state index in [-0.39, 0.29) is 25.4 Å². The van der Waals surface area contributed by atoms with Crippen LogP contribution in [0.15, 0.2) is 6.33 Å². The van der Waals surface area contributed by atoms with E-state index >= 15 is 0 Å². The number of aromatic nitrogens is 2. The Balaban J connectivity index is 1.72. The Morgan fingerprint density at radius 3 is 2.86 bits per heavy atom. The van der Waals surface area contributed by atoms with E-state index in [0.29, 0.717) is 0 Å². The van der Waals surface area contributed by atoms with Gasteiger partial charge >= 0.3 is 5.97 Å². The van der Waals surface area contributed by atoms with Gasteiger partial charge in [0.25, 0.3) is 0 Å². The fourth-order valence-electron chi connectivity index (χ4n) is 2.87. The van der Waals surface area contributed by atoms with E-state index in [1.807, 2.05) is 0 Å². The lowest BCUT2D eigenvalue weighted by molar-refractivity contribution is -0.152. The number of aromatic amines is 1. The van der Waals surface area contributed by atoms with Gasteiger partial charge in [-0.1, -0.05) is 0 Å². The number of hydrogen-bond donors (Lipinski definition) is 3. The average molecular weight is 293 g/mol. The number of fused-ring (bicyclic) bond motifs is 1. The number of hydrogen-bond acceptors (Lipinski definition) is 5. The topological polar surface area (TPSA) is 102 Å². The van der Waals surface area contributed by atoms with Gasteiger partial charge < -0.3 is 20.3 Å². The standard InChI is InChI=1S/C13H19N5O3/c19-12(7-17-3-1-14-2-4-17)18-6-10-9(15-8-16-10)5-11(18)13(20)21/h8,11,14H,1-7H2,(H,15,16)(H,20,21). The Hall–Kier alpha value is -1.93. The third-order valence-electron chi connectivity index (χ3n) is 4.07. The van der Waals surface area contributed by atoms with Gasteiger partial charge in [0.15, 0.2) is 0 Å². The number of piperazine rings is 1. The summed E-state index contributed by atoms with van der Waals surface area (Å²) in [5.74, 6) is -1.11. The number of H-pyrrole nitrogens is 1. The van der Waals surface area contributed by atoms with Crippen LogP contribution in [0.3, 0.4) is 0 Å². The molecule has 0 aliphatic carbocycles. The molecule has 2 aliphatic heterocycles. The first kappa shape index (κ1) is 14.0. The Kier molecular flexibility index (Phi) is 3.89. The largest absolute Gasteiger partial charge is 0.480 e. The lowest BCUT2D eigenvalue weighted by atomic mass is 10.0. The van der Waals surface area contributed by atoms with Gasteiger partial charge in [0, 0.05) is 32.6 Å². The fraction of sp³-hybridized carbons (Fsp3) is 0.615. The first-order valence-corrected chi connectivity index (χ1v) is 7.11. The summed E-state index contributed by atoms with van der Waals surface area (Å²) in [4.78, 5) is 34.5. The smallest absolute Gasteiger partial charge is 0.326 e. The minimum atomic E-state index is -0.975. The number of amides is 1. The van der Waals surface area contributed by atoms with Gasteiger partial charge in [0.2, 0.25) is 5.91 Å². The monoisotopic (exact) mass is 293 g/mol. The maximum Gasteiger partial charge on any atom is 0.326 e. The van der Waals surface area contributed by atoms with Crippen LogP contribution in [0.1, 0.15) is 11.4 Å². The predicted molar refractivity (Wildman–Crippen MR) is 73.6 cm³/mol. The Bertz CT molecular complexity index is 538. The number of aliphatic carboxylic acids is 1. The van der Waals surface area contributed by atoms with Crippen LogP contribution in [-0.4, -0.2) is 75.5 Å². The number of nitrogens with zero attached hydrogens (tertiary/aromatic N) is 3. The number of nitrogens with one attached hydrogen (secondary N) is 2. The summed E-state index contributed by atoms with van der Waals surface area (Å²) in [5, 5.41) is 12.6. The van der Waals surface area contributed by atoms with Gasteiger partial charge in [-0.15, -0.1) is 0 Å². The molecular formula is C13H19N5O3. The third-order valence-corrected chi connectivity index (χ3v) is 4.07. The molecule has 3 N–H and O–H groups in total. The van der Waals surface area contributed by atoms with Crippen molar-refractivity contribution in [2.75, 3.05) is 32.7 Å². The highest BCUT2D eigenvalue weighted by molar-refractivity contribution is 5.85. The SMILES string of the molecule is O=C(O)C1Cc2nc[nH]c2CN1C(=O)CN1CCNCC1. The van der Waals surface area contributed by atoms with Crippen molar-refractivity contribution in [1.29, 1.82) is 0 Å². The number of carboxylic acids is 1. The van der Waals surface area contributed by atoms with E-state index < -0.39 is 12.0 Å².